The molecule has 4 rings (SSSR count). The van der Waals surface area contributed by atoms with Crippen molar-refractivity contribution in [3.63, 3.8) is 0 Å². The molecule has 0 spiro atoms. The molecule has 10 heteroatoms. The van der Waals surface area contributed by atoms with Crippen molar-refractivity contribution in [3.8, 4) is 0 Å². The van der Waals surface area contributed by atoms with Crippen LogP contribution >= 0.6 is 0 Å². The molecule has 0 saturated carbocycles. The summed E-state index contributed by atoms with van der Waals surface area (Å²) in [4.78, 5) is 46.8. The second kappa shape index (κ2) is 9.17. The fraction of sp³-hybridized carbons (Fsp3) is 0. The molecule has 168 valence electrons. The molecule has 4 aromatic rings. The molecule has 0 aliphatic carbocycles. The number of nitrogens with one attached hydrogen (secondary N) is 2. The Labute approximate surface area is 192 Å². The summed E-state index contributed by atoms with van der Waals surface area (Å²) in [6, 6.07) is 21.2. The Bertz CT molecular complexity index is 1360. The van der Waals surface area contributed by atoms with Crippen molar-refractivity contribution in [2.75, 3.05) is 10.6 Å². The first-order valence-electron chi connectivity index (χ1n) is 9.98. The highest BCUT2D eigenvalue weighted by atomic mass is 16.6. The minimum absolute atomic E-state index is 0.0923. The van der Waals surface area contributed by atoms with E-state index < -0.39 is 21.7 Å². The second-order valence-electron chi connectivity index (χ2n) is 7.16. The van der Waals surface area contributed by atoms with Gasteiger partial charge in [-0.2, -0.15) is 0 Å². The number of carbonyl (C=O) groups is 2. The van der Waals surface area contributed by atoms with E-state index in [0.717, 1.165) is 0 Å². The minimum Gasteiger partial charge on any atom is -0.321 e. The van der Waals surface area contributed by atoms with Crippen LogP contribution in [0.1, 0.15) is 20.7 Å². The molecule has 0 aliphatic heterocycles. The van der Waals surface area contributed by atoms with Crippen LogP contribution in [-0.4, -0.2) is 21.7 Å². The largest absolute Gasteiger partial charge is 0.321 e. The average Bonchev–Trinajstić information content (AvgIpc) is 2.84. The molecule has 10 nitrogen and oxygen atoms in total. The van der Waals surface area contributed by atoms with Gasteiger partial charge in [-0.25, -0.2) is 0 Å². The van der Waals surface area contributed by atoms with E-state index in [1.807, 2.05) is 0 Å². The number of hydrogen-bond donors (Lipinski definition) is 2. The van der Waals surface area contributed by atoms with Gasteiger partial charge >= 0.3 is 0 Å². The van der Waals surface area contributed by atoms with Crippen molar-refractivity contribution < 1.29 is 19.4 Å². The topological polar surface area (TPSA) is 144 Å². The van der Waals surface area contributed by atoms with E-state index in [-0.39, 0.29) is 22.5 Å². The first-order valence-corrected chi connectivity index (χ1v) is 9.98. The average molecular weight is 456 g/mol. The van der Waals surface area contributed by atoms with E-state index in [4.69, 9.17) is 0 Å². The number of nitrogens with zero attached hydrogens (tertiary/aromatic N) is 2. The SMILES string of the molecule is O=C(Nc1cccc2c(NC(=O)c3ccccc3[N+](=O)[O-])cccc12)c1ccccc1[N+](=O)[O-]. The van der Waals surface area contributed by atoms with Gasteiger partial charge in [-0.05, 0) is 24.3 Å². The van der Waals surface area contributed by atoms with Crippen LogP contribution in [0.15, 0.2) is 84.9 Å². The molecule has 0 bridgehead atoms. The smallest absolute Gasteiger partial charge is 0.282 e. The predicted octanol–water partition coefficient (Wildman–Crippen LogP) is 5.16. The number of nitro groups is 2. The summed E-state index contributed by atoms with van der Waals surface area (Å²) in [7, 11) is 0. The van der Waals surface area contributed by atoms with Crippen LogP contribution < -0.4 is 10.6 Å². The van der Waals surface area contributed by atoms with Gasteiger partial charge in [-0.1, -0.05) is 48.5 Å². The second-order valence-corrected chi connectivity index (χ2v) is 7.16. The molecule has 2 N–H and O–H groups in total. The van der Waals surface area contributed by atoms with Crippen LogP contribution in [0.25, 0.3) is 10.8 Å². The highest BCUT2D eigenvalue weighted by Crippen LogP contribution is 2.31. The molecule has 4 aromatic carbocycles. The van der Waals surface area contributed by atoms with Gasteiger partial charge in [0.05, 0.1) is 9.85 Å². The number of hydrogen-bond acceptors (Lipinski definition) is 6. The van der Waals surface area contributed by atoms with Crippen LogP contribution in [0.2, 0.25) is 0 Å². The van der Waals surface area contributed by atoms with Gasteiger partial charge in [0.2, 0.25) is 0 Å². The Morgan fingerprint density at radius 2 is 0.941 bits per heavy atom. The number of carbonyl (C=O) groups excluding carboxylic acids is 2. The summed E-state index contributed by atoms with van der Waals surface area (Å²) in [5.74, 6) is -1.32. The summed E-state index contributed by atoms with van der Waals surface area (Å²) >= 11 is 0. The van der Waals surface area contributed by atoms with Gasteiger partial charge in [-0.15, -0.1) is 0 Å². The predicted molar refractivity (Wildman–Crippen MR) is 126 cm³/mol. The highest BCUT2D eigenvalue weighted by molar-refractivity contribution is 6.15. The van der Waals surface area contributed by atoms with Crippen LogP contribution in [0.4, 0.5) is 22.7 Å². The van der Waals surface area contributed by atoms with Gasteiger partial charge < -0.3 is 10.6 Å². The fourth-order valence-electron chi connectivity index (χ4n) is 3.56. The van der Waals surface area contributed by atoms with Crippen molar-refractivity contribution in [1.82, 2.24) is 0 Å². The molecule has 0 aliphatic rings. The third kappa shape index (κ3) is 4.28. The summed E-state index contributed by atoms with van der Waals surface area (Å²) in [5, 5.41) is 29.0. The molecule has 0 fully saturated rings. The van der Waals surface area contributed by atoms with E-state index in [1.54, 1.807) is 36.4 Å². The van der Waals surface area contributed by atoms with E-state index in [2.05, 4.69) is 10.6 Å². The van der Waals surface area contributed by atoms with Gasteiger partial charge in [-0.3, -0.25) is 29.8 Å². The lowest BCUT2D eigenvalue weighted by atomic mass is 10.1. The van der Waals surface area contributed by atoms with Crippen LogP contribution in [-0.2, 0) is 0 Å². The number of benzene rings is 4. The summed E-state index contributed by atoms with van der Waals surface area (Å²) in [6.07, 6.45) is 0. The van der Waals surface area contributed by atoms with E-state index in [0.29, 0.717) is 22.1 Å². The first-order chi connectivity index (χ1) is 16.4. The minimum atomic E-state index is -0.658. The Kier molecular flexibility index (Phi) is 5.95. The van der Waals surface area contributed by atoms with E-state index in [1.165, 1.54) is 48.5 Å². The first kappa shape index (κ1) is 22.1. The van der Waals surface area contributed by atoms with Gasteiger partial charge in [0, 0.05) is 34.3 Å². The van der Waals surface area contributed by atoms with E-state index in [9.17, 15) is 29.8 Å². The van der Waals surface area contributed by atoms with Gasteiger partial charge in [0.1, 0.15) is 11.1 Å². The van der Waals surface area contributed by atoms with Crippen LogP contribution in [0, 0.1) is 20.2 Å². The lowest BCUT2D eigenvalue weighted by Gasteiger charge is -2.13. The van der Waals surface area contributed by atoms with Gasteiger partial charge in [0.25, 0.3) is 23.2 Å². The van der Waals surface area contributed by atoms with Crippen molar-refractivity contribution >= 4 is 45.3 Å². The molecule has 2 amide bonds. The number of anilines is 2. The molecule has 0 saturated heterocycles. The lowest BCUT2D eigenvalue weighted by Crippen LogP contribution is -2.15. The van der Waals surface area contributed by atoms with Crippen molar-refractivity contribution in [1.29, 1.82) is 0 Å². The Hall–Kier alpha value is -5.12. The van der Waals surface area contributed by atoms with Crippen LogP contribution in [0.5, 0.6) is 0 Å². The summed E-state index contributed by atoms with van der Waals surface area (Å²) in [6.45, 7) is 0. The molecule has 0 radical (unpaired) electrons. The van der Waals surface area contributed by atoms with Crippen molar-refractivity contribution in [2.45, 2.75) is 0 Å². The molecule has 34 heavy (non-hydrogen) atoms. The number of amides is 2. The fourth-order valence-corrected chi connectivity index (χ4v) is 3.56. The number of nitro benzene ring substituents is 2. The van der Waals surface area contributed by atoms with Crippen molar-refractivity contribution in [2.24, 2.45) is 0 Å². The number of fused-ring (bicyclic) bond motifs is 1. The third-order valence-electron chi connectivity index (χ3n) is 5.11. The maximum Gasteiger partial charge on any atom is 0.282 e. The zero-order chi connectivity index (χ0) is 24.2. The van der Waals surface area contributed by atoms with Crippen molar-refractivity contribution in [3.05, 3.63) is 116 Å². The molecule has 0 aromatic heterocycles. The zero-order valence-corrected chi connectivity index (χ0v) is 17.4. The Morgan fingerprint density at radius 1 is 0.559 bits per heavy atom. The van der Waals surface area contributed by atoms with E-state index >= 15 is 0 Å². The van der Waals surface area contributed by atoms with Crippen LogP contribution in [0.3, 0.4) is 0 Å². The number of para-hydroxylation sites is 2. The van der Waals surface area contributed by atoms with Gasteiger partial charge in [0.15, 0.2) is 0 Å². The molecular formula is C24H16N4O6. The standard InChI is InChI=1S/C24H16N4O6/c29-23(17-7-1-3-13-21(17)27(31)32)25-19-11-5-10-16-15(19)9-6-12-20(16)26-24(30)18-8-2-4-14-22(18)28(33)34/h1-14H,(H,25,29)(H,26,30). The Balaban J connectivity index is 1.67. The third-order valence-corrected chi connectivity index (χ3v) is 5.11. The maximum absolute atomic E-state index is 12.8. The molecule has 0 heterocycles. The lowest BCUT2D eigenvalue weighted by molar-refractivity contribution is -0.385. The number of rotatable bonds is 6. The zero-order valence-electron chi connectivity index (χ0n) is 17.4. The molecule has 0 unspecified atom stereocenters. The normalized spacial score (nSPS) is 10.5. The summed E-state index contributed by atoms with van der Waals surface area (Å²) < 4.78 is 0. The quantitative estimate of drug-likeness (QED) is 0.303. The molecule has 0 atom stereocenters. The molecular weight excluding hydrogens is 440 g/mol. The monoisotopic (exact) mass is 456 g/mol. The maximum atomic E-state index is 12.8. The Morgan fingerprint density at radius 3 is 1.32 bits per heavy atom. The summed E-state index contributed by atoms with van der Waals surface area (Å²) in [5.41, 5.74) is -0.0733. The highest BCUT2D eigenvalue weighted by Gasteiger charge is 2.21.